The van der Waals surface area contributed by atoms with Gasteiger partial charge in [-0.1, -0.05) is 15.9 Å². The van der Waals surface area contributed by atoms with E-state index in [0.717, 1.165) is 26.9 Å². The molecule has 0 unspecified atom stereocenters. The fourth-order valence-electron chi connectivity index (χ4n) is 2.03. The van der Waals surface area contributed by atoms with Gasteiger partial charge in [-0.25, -0.2) is 4.98 Å². The Kier molecular flexibility index (Phi) is 2.45. The van der Waals surface area contributed by atoms with Gasteiger partial charge < -0.3 is 10.7 Å². The molecule has 86 valence electrons. The maximum Gasteiger partial charge on any atom is 0.180 e. The van der Waals surface area contributed by atoms with Crippen LogP contribution in [0.3, 0.4) is 0 Å². The molecule has 0 amide bonds. The Bertz CT molecular complexity index is 699. The standard InChI is InChI=1S/C12H10BrN3S/c1-6-11(10-5-17-12(14)16-10)8-4-7(13)2-3-9(8)15-6/h2-5,15H,1H3,(H2,14,16). The number of anilines is 1. The number of hydrogen-bond donors (Lipinski definition) is 2. The Morgan fingerprint density at radius 2 is 2.24 bits per heavy atom. The molecule has 0 spiro atoms. The number of fused-ring (bicyclic) bond motifs is 1. The van der Waals surface area contributed by atoms with Crippen molar-refractivity contribution in [3.05, 3.63) is 33.7 Å². The minimum Gasteiger partial charge on any atom is -0.375 e. The molecular weight excluding hydrogens is 298 g/mol. The fourth-order valence-corrected chi connectivity index (χ4v) is 2.95. The zero-order valence-electron chi connectivity index (χ0n) is 9.12. The van der Waals surface area contributed by atoms with Crippen molar-refractivity contribution in [2.24, 2.45) is 0 Å². The highest BCUT2D eigenvalue weighted by Crippen LogP contribution is 2.34. The van der Waals surface area contributed by atoms with Gasteiger partial charge in [0.1, 0.15) is 0 Å². The molecule has 5 heteroatoms. The lowest BCUT2D eigenvalue weighted by Crippen LogP contribution is -1.83. The number of halogens is 1. The minimum atomic E-state index is 0.601. The summed E-state index contributed by atoms with van der Waals surface area (Å²) in [5, 5.41) is 3.76. The van der Waals surface area contributed by atoms with Crippen LogP contribution < -0.4 is 5.73 Å². The van der Waals surface area contributed by atoms with Crippen LogP contribution >= 0.6 is 27.3 Å². The molecule has 0 atom stereocenters. The summed E-state index contributed by atoms with van der Waals surface area (Å²) in [5.41, 5.74) is 10.0. The van der Waals surface area contributed by atoms with Crippen molar-refractivity contribution in [2.75, 3.05) is 5.73 Å². The maximum atomic E-state index is 5.70. The molecule has 2 heterocycles. The summed E-state index contributed by atoms with van der Waals surface area (Å²) in [6, 6.07) is 6.19. The predicted molar refractivity (Wildman–Crippen MR) is 76.3 cm³/mol. The smallest absolute Gasteiger partial charge is 0.180 e. The van der Waals surface area contributed by atoms with Gasteiger partial charge in [0.2, 0.25) is 0 Å². The Hall–Kier alpha value is -1.33. The van der Waals surface area contributed by atoms with Gasteiger partial charge in [-0.3, -0.25) is 0 Å². The second-order valence-electron chi connectivity index (χ2n) is 3.89. The lowest BCUT2D eigenvalue weighted by atomic mass is 10.1. The van der Waals surface area contributed by atoms with Gasteiger partial charge in [-0.05, 0) is 25.1 Å². The van der Waals surface area contributed by atoms with Crippen LogP contribution in [0.1, 0.15) is 5.69 Å². The van der Waals surface area contributed by atoms with Crippen molar-refractivity contribution < 1.29 is 0 Å². The van der Waals surface area contributed by atoms with Crippen molar-refractivity contribution >= 4 is 43.3 Å². The van der Waals surface area contributed by atoms with Gasteiger partial charge in [0.25, 0.3) is 0 Å². The number of nitrogens with two attached hydrogens (primary N) is 1. The lowest BCUT2D eigenvalue weighted by molar-refractivity contribution is 1.29. The Balaban J connectivity index is 2.34. The molecule has 0 radical (unpaired) electrons. The molecular formula is C12H10BrN3S. The van der Waals surface area contributed by atoms with E-state index in [9.17, 15) is 0 Å². The molecule has 0 saturated heterocycles. The van der Waals surface area contributed by atoms with Gasteiger partial charge >= 0.3 is 0 Å². The monoisotopic (exact) mass is 307 g/mol. The maximum absolute atomic E-state index is 5.70. The second-order valence-corrected chi connectivity index (χ2v) is 5.69. The van der Waals surface area contributed by atoms with Gasteiger partial charge in [-0.2, -0.15) is 0 Å². The van der Waals surface area contributed by atoms with Gasteiger partial charge in [-0.15, -0.1) is 11.3 Å². The second kappa shape index (κ2) is 3.85. The summed E-state index contributed by atoms with van der Waals surface area (Å²) in [7, 11) is 0. The number of nitrogen functional groups attached to an aromatic ring is 1. The van der Waals surface area contributed by atoms with Crippen LogP contribution in [0.2, 0.25) is 0 Å². The van der Waals surface area contributed by atoms with Gasteiger partial charge in [0.15, 0.2) is 5.13 Å². The zero-order chi connectivity index (χ0) is 12.0. The van der Waals surface area contributed by atoms with Crippen LogP contribution in [0.15, 0.2) is 28.1 Å². The largest absolute Gasteiger partial charge is 0.375 e. The highest BCUT2D eigenvalue weighted by atomic mass is 79.9. The van der Waals surface area contributed by atoms with Crippen molar-refractivity contribution in [1.82, 2.24) is 9.97 Å². The number of nitrogens with zero attached hydrogens (tertiary/aromatic N) is 1. The van der Waals surface area contributed by atoms with Gasteiger partial charge in [0.05, 0.1) is 5.69 Å². The number of thiazole rings is 1. The topological polar surface area (TPSA) is 54.7 Å². The van der Waals surface area contributed by atoms with Crippen LogP contribution in [-0.4, -0.2) is 9.97 Å². The lowest BCUT2D eigenvalue weighted by Gasteiger charge is -1.97. The number of hydrogen-bond acceptors (Lipinski definition) is 3. The van der Waals surface area contributed by atoms with E-state index in [4.69, 9.17) is 5.73 Å². The number of rotatable bonds is 1. The summed E-state index contributed by atoms with van der Waals surface area (Å²) in [6.07, 6.45) is 0. The number of aromatic nitrogens is 2. The van der Waals surface area contributed by atoms with E-state index >= 15 is 0 Å². The number of H-pyrrole nitrogens is 1. The normalized spacial score (nSPS) is 11.2. The van der Waals surface area contributed by atoms with Crippen LogP contribution in [0, 0.1) is 6.92 Å². The summed E-state index contributed by atoms with van der Waals surface area (Å²) < 4.78 is 1.06. The van der Waals surface area contributed by atoms with E-state index in [0.29, 0.717) is 5.13 Å². The first-order valence-electron chi connectivity index (χ1n) is 5.14. The summed E-state index contributed by atoms with van der Waals surface area (Å²) in [6.45, 7) is 2.05. The molecule has 3 rings (SSSR count). The quantitative estimate of drug-likeness (QED) is 0.715. The zero-order valence-corrected chi connectivity index (χ0v) is 11.5. The molecule has 0 aliphatic heterocycles. The first kappa shape index (κ1) is 10.8. The van der Waals surface area contributed by atoms with E-state index in [-0.39, 0.29) is 0 Å². The van der Waals surface area contributed by atoms with E-state index < -0.39 is 0 Å². The highest BCUT2D eigenvalue weighted by Gasteiger charge is 2.13. The van der Waals surface area contributed by atoms with Crippen molar-refractivity contribution in [3.8, 4) is 11.3 Å². The van der Waals surface area contributed by atoms with E-state index in [1.54, 1.807) is 0 Å². The third-order valence-corrected chi connectivity index (χ3v) is 3.89. The molecule has 0 saturated carbocycles. The Morgan fingerprint density at radius 3 is 2.94 bits per heavy atom. The van der Waals surface area contributed by atoms with Gasteiger partial charge in [0, 0.05) is 32.0 Å². The molecule has 2 aromatic heterocycles. The predicted octanol–water partition coefficient (Wildman–Crippen LogP) is 3.94. The molecule has 3 N–H and O–H groups in total. The molecule has 0 aliphatic rings. The number of nitrogens with one attached hydrogen (secondary N) is 1. The third kappa shape index (κ3) is 1.75. The Labute approximate surface area is 111 Å². The molecule has 0 fully saturated rings. The molecule has 17 heavy (non-hydrogen) atoms. The first-order valence-corrected chi connectivity index (χ1v) is 6.81. The number of aryl methyl sites for hydroxylation is 1. The average Bonchev–Trinajstić information content (AvgIpc) is 2.81. The van der Waals surface area contributed by atoms with E-state index in [1.807, 2.05) is 11.4 Å². The summed E-state index contributed by atoms with van der Waals surface area (Å²) in [4.78, 5) is 7.72. The number of aromatic amines is 1. The van der Waals surface area contributed by atoms with E-state index in [1.165, 1.54) is 16.7 Å². The molecule has 0 bridgehead atoms. The first-order chi connectivity index (χ1) is 8.15. The average molecular weight is 308 g/mol. The van der Waals surface area contributed by atoms with Crippen LogP contribution in [0.4, 0.5) is 5.13 Å². The SMILES string of the molecule is Cc1[nH]c2ccc(Br)cc2c1-c1csc(N)n1. The van der Waals surface area contributed by atoms with E-state index in [2.05, 4.69) is 45.0 Å². The summed E-state index contributed by atoms with van der Waals surface area (Å²) >= 11 is 4.96. The van der Waals surface area contributed by atoms with Crippen LogP contribution in [0.5, 0.6) is 0 Å². The molecule has 0 aliphatic carbocycles. The van der Waals surface area contributed by atoms with Crippen LogP contribution in [-0.2, 0) is 0 Å². The molecule has 1 aromatic carbocycles. The highest BCUT2D eigenvalue weighted by molar-refractivity contribution is 9.10. The summed E-state index contributed by atoms with van der Waals surface area (Å²) in [5.74, 6) is 0. The third-order valence-electron chi connectivity index (χ3n) is 2.73. The Morgan fingerprint density at radius 1 is 1.41 bits per heavy atom. The minimum absolute atomic E-state index is 0.601. The van der Waals surface area contributed by atoms with Crippen molar-refractivity contribution in [2.45, 2.75) is 6.92 Å². The molecule has 3 nitrogen and oxygen atoms in total. The van der Waals surface area contributed by atoms with Crippen LogP contribution in [0.25, 0.3) is 22.2 Å². The number of benzene rings is 1. The fraction of sp³-hybridized carbons (Fsp3) is 0.0833. The molecule has 3 aromatic rings. The van der Waals surface area contributed by atoms with Crippen molar-refractivity contribution in [3.63, 3.8) is 0 Å². The van der Waals surface area contributed by atoms with Crippen molar-refractivity contribution in [1.29, 1.82) is 0 Å².